The van der Waals surface area contributed by atoms with Crippen LogP contribution < -0.4 is 0 Å². The van der Waals surface area contributed by atoms with Crippen LogP contribution in [0.1, 0.15) is 31.8 Å². The third-order valence-corrected chi connectivity index (χ3v) is 3.70. The Kier molecular flexibility index (Phi) is 3.47. The first-order valence-corrected chi connectivity index (χ1v) is 6.94. The van der Waals surface area contributed by atoms with Gasteiger partial charge in [0.25, 0.3) is 0 Å². The molecule has 0 bridgehead atoms. The van der Waals surface area contributed by atoms with E-state index in [2.05, 4.69) is 0 Å². The van der Waals surface area contributed by atoms with Crippen LogP contribution in [0.3, 0.4) is 0 Å². The molecule has 0 fully saturated rings. The third kappa shape index (κ3) is 2.37. The maximum Gasteiger partial charge on any atom is 0.337 e. The second kappa shape index (κ2) is 5.45. The molecule has 0 aliphatic rings. The van der Waals surface area contributed by atoms with E-state index in [0.29, 0.717) is 10.9 Å². The molecule has 0 atom stereocenters. The van der Waals surface area contributed by atoms with E-state index in [1.165, 1.54) is 0 Å². The molecular formula is C19H14O3. The number of benzene rings is 3. The van der Waals surface area contributed by atoms with Gasteiger partial charge in [-0.15, -0.1) is 0 Å². The van der Waals surface area contributed by atoms with Gasteiger partial charge in [0.05, 0.1) is 5.56 Å². The summed E-state index contributed by atoms with van der Waals surface area (Å²) in [5.74, 6) is -1.37. The molecule has 0 saturated carbocycles. The summed E-state index contributed by atoms with van der Waals surface area (Å²) in [5.41, 5.74) is 1.82. The zero-order chi connectivity index (χ0) is 15.7. The van der Waals surface area contributed by atoms with E-state index in [1.807, 2.05) is 31.2 Å². The van der Waals surface area contributed by atoms with Gasteiger partial charge in [-0.2, -0.15) is 0 Å². The quantitative estimate of drug-likeness (QED) is 0.739. The van der Waals surface area contributed by atoms with Crippen molar-refractivity contribution in [2.45, 2.75) is 6.92 Å². The Balaban J connectivity index is 2.22. The van der Waals surface area contributed by atoms with Crippen molar-refractivity contribution in [1.29, 1.82) is 0 Å². The minimum Gasteiger partial charge on any atom is -0.478 e. The van der Waals surface area contributed by atoms with Crippen molar-refractivity contribution in [2.75, 3.05) is 0 Å². The summed E-state index contributed by atoms with van der Waals surface area (Å²) < 4.78 is 0. The van der Waals surface area contributed by atoms with Crippen LogP contribution in [0.15, 0.2) is 60.7 Å². The molecule has 0 spiro atoms. The number of hydrogen-bond acceptors (Lipinski definition) is 2. The van der Waals surface area contributed by atoms with E-state index in [1.54, 1.807) is 36.4 Å². The van der Waals surface area contributed by atoms with Crippen LogP contribution in [0.4, 0.5) is 0 Å². The van der Waals surface area contributed by atoms with E-state index in [9.17, 15) is 14.7 Å². The largest absolute Gasteiger partial charge is 0.478 e. The lowest BCUT2D eigenvalue weighted by Crippen LogP contribution is -2.10. The molecule has 108 valence electrons. The Bertz CT molecular complexity index is 877. The van der Waals surface area contributed by atoms with Gasteiger partial charge >= 0.3 is 5.97 Å². The van der Waals surface area contributed by atoms with Crippen LogP contribution in [0.25, 0.3) is 10.8 Å². The van der Waals surface area contributed by atoms with Crippen molar-refractivity contribution in [2.24, 2.45) is 0 Å². The zero-order valence-electron chi connectivity index (χ0n) is 12.0. The molecule has 0 unspecified atom stereocenters. The summed E-state index contributed by atoms with van der Waals surface area (Å²) in [4.78, 5) is 24.3. The Labute approximate surface area is 127 Å². The fourth-order valence-corrected chi connectivity index (χ4v) is 2.55. The highest BCUT2D eigenvalue weighted by atomic mass is 16.4. The van der Waals surface area contributed by atoms with Crippen LogP contribution >= 0.6 is 0 Å². The van der Waals surface area contributed by atoms with Gasteiger partial charge in [-0.05, 0) is 23.8 Å². The highest BCUT2D eigenvalue weighted by Crippen LogP contribution is 2.25. The normalized spacial score (nSPS) is 10.6. The van der Waals surface area contributed by atoms with Gasteiger partial charge in [0.2, 0.25) is 0 Å². The van der Waals surface area contributed by atoms with Crippen LogP contribution in [-0.4, -0.2) is 16.9 Å². The minimum atomic E-state index is -1.09. The highest BCUT2D eigenvalue weighted by molar-refractivity contribution is 6.18. The van der Waals surface area contributed by atoms with E-state index in [-0.39, 0.29) is 16.9 Å². The molecule has 0 radical (unpaired) electrons. The van der Waals surface area contributed by atoms with Crippen molar-refractivity contribution >= 4 is 22.5 Å². The monoisotopic (exact) mass is 290 g/mol. The second-order valence-corrected chi connectivity index (χ2v) is 5.21. The number of carbonyl (C=O) groups excluding carboxylic acids is 1. The maximum atomic E-state index is 12.7. The Morgan fingerprint density at radius 2 is 1.55 bits per heavy atom. The number of carboxylic acids is 1. The smallest absolute Gasteiger partial charge is 0.337 e. The standard InChI is InChI=1S/C19H14O3/c1-12-6-8-14(9-7-12)18(20)16-11-10-13-4-2-3-5-15(13)17(16)19(21)22/h2-11H,1H3,(H,21,22). The molecule has 3 aromatic rings. The molecule has 0 aromatic heterocycles. The van der Waals surface area contributed by atoms with Gasteiger partial charge in [0, 0.05) is 11.1 Å². The van der Waals surface area contributed by atoms with Crippen molar-refractivity contribution in [1.82, 2.24) is 0 Å². The second-order valence-electron chi connectivity index (χ2n) is 5.21. The van der Waals surface area contributed by atoms with Gasteiger partial charge in [-0.3, -0.25) is 4.79 Å². The van der Waals surface area contributed by atoms with Gasteiger partial charge in [0.15, 0.2) is 5.78 Å². The van der Waals surface area contributed by atoms with E-state index < -0.39 is 5.97 Å². The Morgan fingerprint density at radius 1 is 0.864 bits per heavy atom. The Hall–Kier alpha value is -2.94. The first kappa shape index (κ1) is 14.0. The molecule has 0 saturated heterocycles. The third-order valence-electron chi connectivity index (χ3n) is 3.70. The first-order valence-electron chi connectivity index (χ1n) is 6.94. The summed E-state index contributed by atoms with van der Waals surface area (Å²) in [7, 11) is 0. The molecule has 3 rings (SSSR count). The van der Waals surface area contributed by atoms with Crippen molar-refractivity contribution in [3.63, 3.8) is 0 Å². The number of rotatable bonds is 3. The van der Waals surface area contributed by atoms with Crippen molar-refractivity contribution in [3.8, 4) is 0 Å². The summed E-state index contributed by atoms with van der Waals surface area (Å²) in [6, 6.07) is 17.7. The molecule has 3 nitrogen and oxygen atoms in total. The van der Waals surface area contributed by atoms with Crippen LogP contribution in [0, 0.1) is 6.92 Å². The molecule has 3 heteroatoms. The van der Waals surface area contributed by atoms with Gasteiger partial charge < -0.3 is 5.11 Å². The van der Waals surface area contributed by atoms with Crippen LogP contribution in [-0.2, 0) is 0 Å². The fraction of sp³-hybridized carbons (Fsp3) is 0.0526. The number of carbonyl (C=O) groups is 2. The predicted molar refractivity (Wildman–Crippen MR) is 85.5 cm³/mol. The topological polar surface area (TPSA) is 54.4 Å². The van der Waals surface area contributed by atoms with E-state index in [4.69, 9.17) is 0 Å². The summed E-state index contributed by atoms with van der Waals surface area (Å²) in [6.45, 7) is 1.94. The van der Waals surface area contributed by atoms with Gasteiger partial charge in [-0.1, -0.05) is 60.2 Å². The van der Waals surface area contributed by atoms with Gasteiger partial charge in [-0.25, -0.2) is 4.79 Å². The number of ketones is 1. The molecule has 0 aliphatic heterocycles. The van der Waals surface area contributed by atoms with Gasteiger partial charge in [0.1, 0.15) is 0 Å². The van der Waals surface area contributed by atoms with Crippen LogP contribution in [0.2, 0.25) is 0 Å². The number of hydrogen-bond donors (Lipinski definition) is 1. The SMILES string of the molecule is Cc1ccc(C(=O)c2ccc3ccccc3c2C(=O)O)cc1. The van der Waals surface area contributed by atoms with E-state index in [0.717, 1.165) is 10.9 Å². The molecular weight excluding hydrogens is 276 g/mol. The fourth-order valence-electron chi connectivity index (χ4n) is 2.55. The lowest BCUT2D eigenvalue weighted by Gasteiger charge is -2.09. The average molecular weight is 290 g/mol. The Morgan fingerprint density at radius 3 is 2.23 bits per heavy atom. The predicted octanol–water partition coefficient (Wildman–Crippen LogP) is 4.08. The lowest BCUT2D eigenvalue weighted by molar-refractivity contribution is 0.0695. The number of fused-ring (bicyclic) bond motifs is 1. The van der Waals surface area contributed by atoms with Crippen molar-refractivity contribution in [3.05, 3.63) is 82.9 Å². The summed E-state index contributed by atoms with van der Waals surface area (Å²) in [5, 5.41) is 10.9. The molecule has 22 heavy (non-hydrogen) atoms. The first-order chi connectivity index (χ1) is 10.6. The minimum absolute atomic E-state index is 0.0590. The molecule has 0 heterocycles. The molecule has 0 amide bonds. The number of aryl methyl sites for hydroxylation is 1. The highest BCUT2D eigenvalue weighted by Gasteiger charge is 2.20. The molecule has 1 N–H and O–H groups in total. The number of aromatic carboxylic acids is 1. The van der Waals surface area contributed by atoms with Crippen molar-refractivity contribution < 1.29 is 14.7 Å². The number of carboxylic acid groups (broad SMARTS) is 1. The molecule has 0 aliphatic carbocycles. The zero-order valence-corrected chi connectivity index (χ0v) is 12.0. The maximum absolute atomic E-state index is 12.7. The molecule has 3 aromatic carbocycles. The van der Waals surface area contributed by atoms with Crippen LogP contribution in [0.5, 0.6) is 0 Å². The lowest BCUT2D eigenvalue weighted by atomic mass is 9.93. The van der Waals surface area contributed by atoms with E-state index >= 15 is 0 Å². The summed E-state index contributed by atoms with van der Waals surface area (Å²) >= 11 is 0. The average Bonchev–Trinajstić information content (AvgIpc) is 2.53. The summed E-state index contributed by atoms with van der Waals surface area (Å²) in [6.07, 6.45) is 0.